The number of benzene rings is 2. The number of nitro groups is 1. The zero-order valence-corrected chi connectivity index (χ0v) is 11.0. The highest BCUT2D eigenvalue weighted by molar-refractivity contribution is 6.34. The number of hydrogen-bond donors (Lipinski definition) is 1. The van der Waals surface area contributed by atoms with Gasteiger partial charge in [0.25, 0.3) is 11.6 Å². The Hall–Kier alpha value is -2.54. The van der Waals surface area contributed by atoms with E-state index in [2.05, 4.69) is 5.32 Å². The summed E-state index contributed by atoms with van der Waals surface area (Å²) in [4.78, 5) is 21.9. The predicted octanol–water partition coefficient (Wildman–Crippen LogP) is 3.78. The first-order valence-electron chi connectivity index (χ1n) is 5.59. The van der Waals surface area contributed by atoms with E-state index in [4.69, 9.17) is 11.6 Å². The van der Waals surface area contributed by atoms with E-state index >= 15 is 0 Å². The number of carbonyl (C=O) groups excluding carboxylic acids is 1. The average molecular weight is 313 g/mol. The maximum Gasteiger partial charge on any atom is 0.271 e. The molecule has 5 nitrogen and oxygen atoms in total. The van der Waals surface area contributed by atoms with Crippen LogP contribution in [0.2, 0.25) is 5.02 Å². The summed E-state index contributed by atoms with van der Waals surface area (Å²) in [5.74, 6) is -3.45. The fraction of sp³-hybridized carbons (Fsp3) is 0. The molecule has 0 aromatic heterocycles. The lowest BCUT2D eigenvalue weighted by molar-refractivity contribution is -0.384. The normalized spacial score (nSPS) is 10.2. The molecule has 21 heavy (non-hydrogen) atoms. The Bertz CT molecular complexity index is 737. The van der Waals surface area contributed by atoms with Crippen LogP contribution in [0.4, 0.5) is 20.2 Å². The Morgan fingerprint density at radius 2 is 1.95 bits per heavy atom. The van der Waals surface area contributed by atoms with E-state index in [1.807, 2.05) is 0 Å². The van der Waals surface area contributed by atoms with E-state index in [0.29, 0.717) is 0 Å². The lowest BCUT2D eigenvalue weighted by Gasteiger charge is -2.08. The van der Waals surface area contributed by atoms with Gasteiger partial charge in [-0.3, -0.25) is 14.9 Å². The van der Waals surface area contributed by atoms with Crippen LogP contribution in [0.1, 0.15) is 10.4 Å². The monoisotopic (exact) mass is 312 g/mol. The van der Waals surface area contributed by atoms with E-state index in [1.165, 1.54) is 12.1 Å². The molecule has 108 valence electrons. The van der Waals surface area contributed by atoms with Crippen LogP contribution < -0.4 is 5.32 Å². The fourth-order valence-electron chi connectivity index (χ4n) is 1.59. The number of anilines is 1. The van der Waals surface area contributed by atoms with E-state index in [1.54, 1.807) is 0 Å². The quantitative estimate of drug-likeness (QED) is 0.692. The number of halogens is 3. The van der Waals surface area contributed by atoms with E-state index in [-0.39, 0.29) is 16.4 Å². The van der Waals surface area contributed by atoms with Gasteiger partial charge in [-0.1, -0.05) is 17.7 Å². The van der Waals surface area contributed by atoms with Gasteiger partial charge in [0.05, 0.1) is 21.2 Å². The van der Waals surface area contributed by atoms with Gasteiger partial charge >= 0.3 is 0 Å². The first-order chi connectivity index (χ1) is 9.90. The standard InChI is InChI=1S/C13H7ClF2N2O3/c14-9-5-4-7(18(20)21)6-11(9)17-13(19)8-2-1-3-10(15)12(8)16/h1-6H,(H,17,19). The second-order valence-corrected chi connectivity index (χ2v) is 4.38. The number of amides is 1. The van der Waals surface area contributed by atoms with Crippen molar-refractivity contribution in [2.24, 2.45) is 0 Å². The van der Waals surface area contributed by atoms with Gasteiger partial charge in [-0.15, -0.1) is 0 Å². The minimum absolute atomic E-state index is 0.0331. The summed E-state index contributed by atoms with van der Waals surface area (Å²) < 4.78 is 26.5. The minimum Gasteiger partial charge on any atom is -0.320 e. The van der Waals surface area contributed by atoms with E-state index in [9.17, 15) is 23.7 Å². The molecule has 2 aromatic carbocycles. The molecule has 8 heteroatoms. The van der Waals surface area contributed by atoms with Gasteiger partial charge in [-0.2, -0.15) is 0 Å². The van der Waals surface area contributed by atoms with Crippen molar-refractivity contribution in [3.05, 3.63) is 68.7 Å². The Kier molecular flexibility index (Phi) is 4.13. The minimum atomic E-state index is -1.31. The van der Waals surface area contributed by atoms with Crippen LogP contribution in [0, 0.1) is 21.7 Å². The summed E-state index contributed by atoms with van der Waals surface area (Å²) in [7, 11) is 0. The van der Waals surface area contributed by atoms with Crippen LogP contribution in [0.5, 0.6) is 0 Å². The molecule has 2 rings (SSSR count). The Morgan fingerprint density at radius 1 is 1.24 bits per heavy atom. The highest BCUT2D eigenvalue weighted by Crippen LogP contribution is 2.27. The molecular formula is C13H7ClF2N2O3. The summed E-state index contributed by atoms with van der Waals surface area (Å²) in [6.07, 6.45) is 0. The maximum atomic E-state index is 13.5. The SMILES string of the molecule is O=C(Nc1cc([N+](=O)[O-])ccc1Cl)c1cccc(F)c1F. The highest BCUT2D eigenvalue weighted by atomic mass is 35.5. The van der Waals surface area contributed by atoms with Gasteiger partial charge in [0, 0.05) is 12.1 Å². The van der Waals surface area contributed by atoms with Gasteiger partial charge in [-0.25, -0.2) is 8.78 Å². The molecule has 0 heterocycles. The molecule has 0 radical (unpaired) electrons. The number of nitrogens with zero attached hydrogens (tertiary/aromatic N) is 1. The molecule has 2 aromatic rings. The molecule has 0 fully saturated rings. The number of nitrogens with one attached hydrogen (secondary N) is 1. The number of nitro benzene ring substituents is 1. The molecule has 0 unspecified atom stereocenters. The van der Waals surface area contributed by atoms with Crippen molar-refractivity contribution in [2.45, 2.75) is 0 Å². The van der Waals surface area contributed by atoms with Gasteiger partial charge in [0.1, 0.15) is 0 Å². The van der Waals surface area contributed by atoms with Crippen LogP contribution >= 0.6 is 11.6 Å². The van der Waals surface area contributed by atoms with Crippen molar-refractivity contribution in [1.29, 1.82) is 0 Å². The van der Waals surface area contributed by atoms with Gasteiger partial charge < -0.3 is 5.32 Å². The summed E-state index contributed by atoms with van der Waals surface area (Å²) in [6.45, 7) is 0. The third-order valence-corrected chi connectivity index (χ3v) is 2.93. The molecule has 0 spiro atoms. The van der Waals surface area contributed by atoms with Crippen LogP contribution in [-0.2, 0) is 0 Å². The fourth-order valence-corrected chi connectivity index (χ4v) is 1.76. The molecular weight excluding hydrogens is 306 g/mol. The van der Waals surface area contributed by atoms with Gasteiger partial charge in [-0.05, 0) is 18.2 Å². The summed E-state index contributed by atoms with van der Waals surface area (Å²) >= 11 is 5.80. The number of rotatable bonds is 3. The first kappa shape index (κ1) is 14.9. The van der Waals surface area contributed by atoms with Crippen molar-refractivity contribution in [3.8, 4) is 0 Å². The Labute approximate surface area is 122 Å². The predicted molar refractivity (Wildman–Crippen MR) is 72.4 cm³/mol. The topological polar surface area (TPSA) is 72.2 Å². The van der Waals surface area contributed by atoms with Gasteiger partial charge in [0.2, 0.25) is 0 Å². The molecule has 0 aliphatic rings. The summed E-state index contributed by atoms with van der Waals surface area (Å²) in [5, 5.41) is 12.9. The molecule has 0 aliphatic heterocycles. The molecule has 0 atom stereocenters. The van der Waals surface area contributed by atoms with Crippen molar-refractivity contribution in [2.75, 3.05) is 5.32 Å². The third kappa shape index (κ3) is 3.14. The molecule has 0 aliphatic carbocycles. The lowest BCUT2D eigenvalue weighted by Crippen LogP contribution is -2.15. The van der Waals surface area contributed by atoms with Crippen molar-refractivity contribution in [3.63, 3.8) is 0 Å². The Balaban J connectivity index is 2.33. The van der Waals surface area contributed by atoms with E-state index < -0.39 is 28.0 Å². The molecule has 0 saturated carbocycles. The van der Waals surface area contributed by atoms with Crippen molar-refractivity contribution in [1.82, 2.24) is 0 Å². The first-order valence-corrected chi connectivity index (χ1v) is 5.97. The molecule has 0 saturated heterocycles. The molecule has 1 amide bonds. The zero-order valence-electron chi connectivity index (χ0n) is 10.3. The van der Waals surface area contributed by atoms with Crippen LogP contribution in [0.15, 0.2) is 36.4 Å². The second kappa shape index (κ2) is 5.84. The summed E-state index contributed by atoms with van der Waals surface area (Å²) in [5.41, 5.74) is -0.897. The second-order valence-electron chi connectivity index (χ2n) is 3.98. The summed E-state index contributed by atoms with van der Waals surface area (Å²) in [6, 6.07) is 6.52. The zero-order chi connectivity index (χ0) is 15.6. The van der Waals surface area contributed by atoms with E-state index in [0.717, 1.165) is 24.3 Å². The number of non-ortho nitro benzene ring substituents is 1. The van der Waals surface area contributed by atoms with Crippen LogP contribution in [0.3, 0.4) is 0 Å². The average Bonchev–Trinajstić information content (AvgIpc) is 2.43. The third-order valence-electron chi connectivity index (χ3n) is 2.61. The number of hydrogen-bond acceptors (Lipinski definition) is 3. The van der Waals surface area contributed by atoms with Crippen molar-refractivity contribution >= 4 is 28.9 Å². The smallest absolute Gasteiger partial charge is 0.271 e. The van der Waals surface area contributed by atoms with Crippen molar-refractivity contribution < 1.29 is 18.5 Å². The maximum absolute atomic E-state index is 13.5. The highest BCUT2D eigenvalue weighted by Gasteiger charge is 2.17. The molecule has 1 N–H and O–H groups in total. The largest absolute Gasteiger partial charge is 0.320 e. The van der Waals surface area contributed by atoms with Gasteiger partial charge in [0.15, 0.2) is 11.6 Å². The van der Waals surface area contributed by atoms with Crippen LogP contribution in [-0.4, -0.2) is 10.8 Å². The number of carbonyl (C=O) groups is 1. The Morgan fingerprint density at radius 3 is 2.62 bits per heavy atom. The lowest BCUT2D eigenvalue weighted by atomic mass is 10.2. The molecule has 0 bridgehead atoms. The van der Waals surface area contributed by atoms with Crippen LogP contribution in [0.25, 0.3) is 0 Å².